The van der Waals surface area contributed by atoms with Gasteiger partial charge >= 0.3 is 0 Å². The normalized spacial score (nSPS) is 12.1. The average molecular weight is 347 g/mol. The van der Waals surface area contributed by atoms with Crippen molar-refractivity contribution in [2.45, 2.75) is 32.7 Å². The standard InChI is InChI=1S/C18H26N4OS/c1-18(2,3)15-13-24-16(22-15)12-21-17(19-4)20-10-11-23-14-8-6-5-7-9-14/h5-9,13H,10-12H2,1-4H3,(H2,19,20,21). The third-order valence-electron chi connectivity index (χ3n) is 3.36. The molecule has 0 aliphatic carbocycles. The molecule has 0 saturated carbocycles. The molecule has 24 heavy (non-hydrogen) atoms. The van der Waals surface area contributed by atoms with Gasteiger partial charge in [-0.05, 0) is 12.1 Å². The highest BCUT2D eigenvalue weighted by molar-refractivity contribution is 7.09. The van der Waals surface area contributed by atoms with Crippen molar-refractivity contribution >= 4 is 17.3 Å². The summed E-state index contributed by atoms with van der Waals surface area (Å²) in [4.78, 5) is 8.89. The molecule has 0 spiro atoms. The van der Waals surface area contributed by atoms with E-state index in [-0.39, 0.29) is 5.41 Å². The second-order valence-corrected chi connectivity index (χ2v) is 7.33. The zero-order valence-corrected chi connectivity index (χ0v) is 15.6. The lowest BCUT2D eigenvalue weighted by molar-refractivity contribution is 0.322. The SMILES string of the molecule is CN=C(NCCOc1ccccc1)NCc1nc(C(C)(C)C)cs1. The lowest BCUT2D eigenvalue weighted by atomic mass is 9.93. The molecule has 1 heterocycles. The fourth-order valence-electron chi connectivity index (χ4n) is 1.97. The zero-order chi connectivity index (χ0) is 17.4. The molecule has 0 saturated heterocycles. The molecular formula is C18H26N4OS. The average Bonchev–Trinajstić information content (AvgIpc) is 3.04. The summed E-state index contributed by atoms with van der Waals surface area (Å²) in [5.74, 6) is 1.62. The molecule has 0 aliphatic heterocycles. The first-order valence-electron chi connectivity index (χ1n) is 8.06. The van der Waals surface area contributed by atoms with Gasteiger partial charge in [0, 0.05) is 17.8 Å². The smallest absolute Gasteiger partial charge is 0.191 e. The number of aromatic nitrogens is 1. The van der Waals surface area contributed by atoms with Crippen molar-refractivity contribution in [3.8, 4) is 5.75 Å². The number of nitrogens with one attached hydrogen (secondary N) is 2. The van der Waals surface area contributed by atoms with Crippen molar-refractivity contribution < 1.29 is 4.74 Å². The minimum atomic E-state index is 0.0868. The van der Waals surface area contributed by atoms with E-state index in [9.17, 15) is 0 Å². The van der Waals surface area contributed by atoms with Crippen LogP contribution in [0.4, 0.5) is 0 Å². The molecule has 2 N–H and O–H groups in total. The predicted molar refractivity (Wildman–Crippen MR) is 101 cm³/mol. The molecule has 0 radical (unpaired) electrons. The highest BCUT2D eigenvalue weighted by atomic mass is 32.1. The number of thiazole rings is 1. The molecule has 0 atom stereocenters. The van der Waals surface area contributed by atoms with Crippen LogP contribution in [-0.2, 0) is 12.0 Å². The molecule has 0 aliphatic rings. The summed E-state index contributed by atoms with van der Waals surface area (Å²) < 4.78 is 5.65. The van der Waals surface area contributed by atoms with Crippen molar-refractivity contribution in [1.29, 1.82) is 0 Å². The lowest BCUT2D eigenvalue weighted by Gasteiger charge is -2.14. The summed E-state index contributed by atoms with van der Waals surface area (Å²) in [6.07, 6.45) is 0. The number of ether oxygens (including phenoxy) is 1. The number of hydrogen-bond donors (Lipinski definition) is 2. The summed E-state index contributed by atoms with van der Waals surface area (Å²) in [6.45, 7) is 8.45. The summed E-state index contributed by atoms with van der Waals surface area (Å²) in [5.41, 5.74) is 1.22. The molecule has 0 bridgehead atoms. The molecule has 1 aromatic heterocycles. The van der Waals surface area contributed by atoms with Gasteiger partial charge < -0.3 is 15.4 Å². The first-order chi connectivity index (χ1) is 11.5. The summed E-state index contributed by atoms with van der Waals surface area (Å²) >= 11 is 1.67. The fourth-order valence-corrected chi connectivity index (χ4v) is 2.93. The molecule has 1 aromatic carbocycles. The number of rotatable bonds is 6. The van der Waals surface area contributed by atoms with E-state index in [0.29, 0.717) is 19.7 Å². The summed E-state index contributed by atoms with van der Waals surface area (Å²) in [6, 6.07) is 9.79. The van der Waals surface area contributed by atoms with E-state index in [2.05, 4.69) is 46.8 Å². The van der Waals surface area contributed by atoms with Crippen LogP contribution in [0.15, 0.2) is 40.7 Å². The molecule has 5 nitrogen and oxygen atoms in total. The van der Waals surface area contributed by atoms with E-state index in [1.54, 1.807) is 18.4 Å². The van der Waals surface area contributed by atoms with E-state index in [1.807, 2.05) is 30.3 Å². The van der Waals surface area contributed by atoms with Crippen LogP contribution in [0.25, 0.3) is 0 Å². The van der Waals surface area contributed by atoms with Crippen LogP contribution in [0, 0.1) is 0 Å². The van der Waals surface area contributed by atoms with Gasteiger partial charge in [-0.15, -0.1) is 11.3 Å². The number of nitrogens with zero attached hydrogens (tertiary/aromatic N) is 2. The monoisotopic (exact) mass is 346 g/mol. The molecule has 0 unspecified atom stereocenters. The Morgan fingerprint density at radius 2 is 1.96 bits per heavy atom. The van der Waals surface area contributed by atoms with Gasteiger partial charge in [0.25, 0.3) is 0 Å². The van der Waals surface area contributed by atoms with Crippen LogP contribution >= 0.6 is 11.3 Å². The molecule has 2 aromatic rings. The number of aliphatic imine (C=N–C) groups is 1. The second kappa shape index (κ2) is 8.68. The minimum Gasteiger partial charge on any atom is -0.492 e. The topological polar surface area (TPSA) is 58.5 Å². The second-order valence-electron chi connectivity index (χ2n) is 6.39. The predicted octanol–water partition coefficient (Wildman–Crippen LogP) is 3.18. The Hall–Kier alpha value is -2.08. The Bertz CT molecular complexity index is 647. The number of benzene rings is 1. The van der Waals surface area contributed by atoms with Crippen LogP contribution in [0.3, 0.4) is 0 Å². The zero-order valence-electron chi connectivity index (χ0n) is 14.8. The van der Waals surface area contributed by atoms with E-state index < -0.39 is 0 Å². The Labute approximate surface area is 148 Å². The van der Waals surface area contributed by atoms with E-state index in [1.165, 1.54) is 0 Å². The molecule has 2 rings (SSSR count). The Morgan fingerprint density at radius 1 is 1.21 bits per heavy atom. The van der Waals surface area contributed by atoms with Gasteiger partial charge in [0.1, 0.15) is 17.4 Å². The molecule has 130 valence electrons. The van der Waals surface area contributed by atoms with Gasteiger partial charge in [0.05, 0.1) is 18.8 Å². The van der Waals surface area contributed by atoms with Gasteiger partial charge in [-0.1, -0.05) is 39.0 Å². The third-order valence-corrected chi connectivity index (χ3v) is 4.21. The van der Waals surface area contributed by atoms with Gasteiger partial charge in [-0.3, -0.25) is 4.99 Å². The maximum absolute atomic E-state index is 5.65. The first-order valence-corrected chi connectivity index (χ1v) is 8.94. The Kier molecular flexibility index (Phi) is 6.61. The van der Waals surface area contributed by atoms with Crippen molar-refractivity contribution in [3.63, 3.8) is 0 Å². The first kappa shape index (κ1) is 18.3. The van der Waals surface area contributed by atoms with Crippen LogP contribution in [0.5, 0.6) is 5.75 Å². The highest BCUT2D eigenvalue weighted by Crippen LogP contribution is 2.23. The maximum Gasteiger partial charge on any atom is 0.191 e. The number of para-hydroxylation sites is 1. The Morgan fingerprint density at radius 3 is 2.58 bits per heavy atom. The van der Waals surface area contributed by atoms with Gasteiger partial charge in [0.15, 0.2) is 5.96 Å². The summed E-state index contributed by atoms with van der Waals surface area (Å²) in [7, 11) is 1.76. The summed E-state index contributed by atoms with van der Waals surface area (Å²) in [5, 5.41) is 9.70. The van der Waals surface area contributed by atoms with E-state index >= 15 is 0 Å². The maximum atomic E-state index is 5.65. The van der Waals surface area contributed by atoms with Gasteiger partial charge in [0.2, 0.25) is 0 Å². The highest BCUT2D eigenvalue weighted by Gasteiger charge is 2.17. The third kappa shape index (κ3) is 5.85. The quantitative estimate of drug-likeness (QED) is 0.479. The van der Waals surface area contributed by atoms with E-state index in [4.69, 9.17) is 4.74 Å². The molecular weight excluding hydrogens is 320 g/mol. The van der Waals surface area contributed by atoms with Crippen molar-refractivity contribution in [2.75, 3.05) is 20.2 Å². The van der Waals surface area contributed by atoms with Gasteiger partial charge in [-0.25, -0.2) is 4.98 Å². The van der Waals surface area contributed by atoms with Gasteiger partial charge in [-0.2, -0.15) is 0 Å². The number of hydrogen-bond acceptors (Lipinski definition) is 4. The molecule has 0 amide bonds. The fraction of sp³-hybridized carbons (Fsp3) is 0.444. The lowest BCUT2D eigenvalue weighted by Crippen LogP contribution is -2.38. The molecule has 0 fully saturated rings. The van der Waals surface area contributed by atoms with Crippen LogP contribution < -0.4 is 15.4 Å². The van der Waals surface area contributed by atoms with Crippen molar-refractivity contribution in [2.24, 2.45) is 4.99 Å². The Balaban J connectivity index is 1.71. The van der Waals surface area contributed by atoms with Crippen molar-refractivity contribution in [3.05, 3.63) is 46.4 Å². The van der Waals surface area contributed by atoms with Crippen LogP contribution in [0.2, 0.25) is 0 Å². The van der Waals surface area contributed by atoms with E-state index in [0.717, 1.165) is 22.4 Å². The largest absolute Gasteiger partial charge is 0.492 e. The van der Waals surface area contributed by atoms with Crippen molar-refractivity contribution in [1.82, 2.24) is 15.6 Å². The van der Waals surface area contributed by atoms with Crippen LogP contribution in [0.1, 0.15) is 31.5 Å². The van der Waals surface area contributed by atoms with Crippen LogP contribution in [-0.4, -0.2) is 31.1 Å². The molecule has 6 heteroatoms. The number of guanidine groups is 1. The minimum absolute atomic E-state index is 0.0868.